The number of carbonyl (C=O) groups is 1. The van der Waals surface area contributed by atoms with Gasteiger partial charge in [0.05, 0.1) is 12.0 Å². The first-order valence-electron chi connectivity index (χ1n) is 9.27. The number of nitrogens with one attached hydrogen (secondary N) is 2. The molecule has 2 N–H and O–H groups in total. The largest absolute Gasteiger partial charge is 0.497 e. The summed E-state index contributed by atoms with van der Waals surface area (Å²) in [6.07, 6.45) is -0.754. The monoisotopic (exact) mass is 504 g/mol. The van der Waals surface area contributed by atoms with Crippen LogP contribution in [-0.2, 0) is 14.8 Å². The Morgan fingerprint density at radius 1 is 0.871 bits per heavy atom. The van der Waals surface area contributed by atoms with E-state index in [2.05, 4.69) is 26.0 Å². The molecular formula is C22H21BrN2O5S. The van der Waals surface area contributed by atoms with Gasteiger partial charge in [-0.3, -0.25) is 9.52 Å². The van der Waals surface area contributed by atoms with Crippen molar-refractivity contribution in [2.45, 2.75) is 17.9 Å². The van der Waals surface area contributed by atoms with Gasteiger partial charge in [-0.2, -0.15) is 0 Å². The quantitative estimate of drug-likeness (QED) is 0.465. The number of benzene rings is 3. The first-order valence-corrected chi connectivity index (χ1v) is 11.5. The van der Waals surface area contributed by atoms with Gasteiger partial charge in [-0.05, 0) is 79.7 Å². The highest BCUT2D eigenvalue weighted by molar-refractivity contribution is 9.10. The van der Waals surface area contributed by atoms with E-state index in [1.807, 2.05) is 0 Å². The number of carbonyl (C=O) groups excluding carboxylic acids is 1. The molecular weight excluding hydrogens is 484 g/mol. The average molecular weight is 505 g/mol. The fourth-order valence-electron chi connectivity index (χ4n) is 2.61. The standard InChI is InChI=1S/C22H21BrN2O5S/c1-15(30-20-11-9-19(29-2)10-12-20)22(26)24-17-7-13-21(14-8-17)31(27,28)25-18-5-3-16(23)4-6-18/h3-15,25H,1-2H3,(H,24,26)/t15-/m0/s1. The van der Waals surface area contributed by atoms with Crippen LogP contribution in [0.3, 0.4) is 0 Å². The van der Waals surface area contributed by atoms with Crippen LogP contribution in [0.5, 0.6) is 11.5 Å². The van der Waals surface area contributed by atoms with Gasteiger partial charge in [-0.15, -0.1) is 0 Å². The number of hydrogen-bond acceptors (Lipinski definition) is 5. The Kier molecular flexibility index (Phi) is 7.19. The van der Waals surface area contributed by atoms with Crippen molar-refractivity contribution in [3.8, 4) is 11.5 Å². The zero-order valence-corrected chi connectivity index (χ0v) is 19.2. The van der Waals surface area contributed by atoms with E-state index < -0.39 is 16.1 Å². The fourth-order valence-corrected chi connectivity index (χ4v) is 3.93. The summed E-state index contributed by atoms with van der Waals surface area (Å²) in [5.41, 5.74) is 0.905. The molecule has 9 heteroatoms. The van der Waals surface area contributed by atoms with Crippen molar-refractivity contribution in [1.29, 1.82) is 0 Å². The zero-order chi connectivity index (χ0) is 22.4. The Labute approximate surface area is 189 Å². The summed E-state index contributed by atoms with van der Waals surface area (Å²) in [4.78, 5) is 12.5. The summed E-state index contributed by atoms with van der Waals surface area (Å²) in [6.45, 7) is 1.63. The maximum atomic E-state index is 12.5. The second-order valence-corrected chi connectivity index (χ2v) is 9.16. The minimum absolute atomic E-state index is 0.0796. The summed E-state index contributed by atoms with van der Waals surface area (Å²) < 4.78 is 39.1. The number of amides is 1. The van der Waals surface area contributed by atoms with Crippen LogP contribution in [0.1, 0.15) is 6.92 Å². The van der Waals surface area contributed by atoms with Gasteiger partial charge in [0.15, 0.2) is 6.10 Å². The predicted molar refractivity (Wildman–Crippen MR) is 123 cm³/mol. The maximum absolute atomic E-state index is 12.5. The molecule has 1 amide bonds. The van der Waals surface area contributed by atoms with Crippen LogP contribution in [0.2, 0.25) is 0 Å². The van der Waals surface area contributed by atoms with Crippen molar-refractivity contribution < 1.29 is 22.7 Å². The predicted octanol–water partition coefficient (Wildman–Crippen LogP) is 4.66. The molecule has 3 aromatic rings. The second-order valence-electron chi connectivity index (χ2n) is 6.56. The van der Waals surface area contributed by atoms with Gasteiger partial charge in [0.1, 0.15) is 11.5 Å². The normalized spacial score (nSPS) is 12.0. The van der Waals surface area contributed by atoms with E-state index in [1.165, 1.54) is 24.3 Å². The molecule has 0 fully saturated rings. The molecule has 0 unspecified atom stereocenters. The molecule has 3 aromatic carbocycles. The number of sulfonamides is 1. The molecule has 0 bridgehead atoms. The molecule has 0 radical (unpaired) electrons. The van der Waals surface area contributed by atoms with Gasteiger partial charge >= 0.3 is 0 Å². The third-order valence-corrected chi connectivity index (χ3v) is 6.20. The molecule has 0 saturated carbocycles. The Balaban J connectivity index is 1.61. The topological polar surface area (TPSA) is 93.7 Å². The summed E-state index contributed by atoms with van der Waals surface area (Å²) in [6, 6.07) is 19.6. The van der Waals surface area contributed by atoms with Gasteiger partial charge in [-0.1, -0.05) is 15.9 Å². The number of methoxy groups -OCH3 is 1. The average Bonchev–Trinajstić information content (AvgIpc) is 2.76. The maximum Gasteiger partial charge on any atom is 0.265 e. The van der Waals surface area contributed by atoms with E-state index in [4.69, 9.17) is 9.47 Å². The number of ether oxygens (including phenoxy) is 2. The lowest BCUT2D eigenvalue weighted by Crippen LogP contribution is -2.30. The highest BCUT2D eigenvalue weighted by Gasteiger charge is 2.17. The van der Waals surface area contributed by atoms with Crippen LogP contribution < -0.4 is 19.5 Å². The Bertz CT molecular complexity index is 1130. The number of halogens is 1. The molecule has 0 aliphatic carbocycles. The fraction of sp³-hybridized carbons (Fsp3) is 0.136. The smallest absolute Gasteiger partial charge is 0.265 e. The highest BCUT2D eigenvalue weighted by Crippen LogP contribution is 2.21. The van der Waals surface area contributed by atoms with Crippen LogP contribution in [0.25, 0.3) is 0 Å². The molecule has 0 aromatic heterocycles. The van der Waals surface area contributed by atoms with Crippen molar-refractivity contribution in [2.75, 3.05) is 17.1 Å². The summed E-state index contributed by atoms with van der Waals surface area (Å²) in [7, 11) is -2.18. The van der Waals surface area contributed by atoms with Crippen molar-refractivity contribution >= 4 is 43.2 Å². The molecule has 7 nitrogen and oxygen atoms in total. The minimum atomic E-state index is -3.75. The molecule has 31 heavy (non-hydrogen) atoms. The number of hydrogen-bond donors (Lipinski definition) is 2. The molecule has 0 spiro atoms. The summed E-state index contributed by atoms with van der Waals surface area (Å²) in [5.74, 6) is 0.859. The van der Waals surface area contributed by atoms with E-state index in [0.717, 1.165) is 4.47 Å². The number of anilines is 2. The minimum Gasteiger partial charge on any atom is -0.497 e. The lowest BCUT2D eigenvalue weighted by atomic mass is 10.3. The van der Waals surface area contributed by atoms with Crippen LogP contribution in [0.15, 0.2) is 82.2 Å². The van der Waals surface area contributed by atoms with Gasteiger partial charge < -0.3 is 14.8 Å². The molecule has 0 aliphatic heterocycles. The molecule has 1 atom stereocenters. The second kappa shape index (κ2) is 9.84. The Morgan fingerprint density at radius 2 is 1.42 bits per heavy atom. The molecule has 0 heterocycles. The van der Waals surface area contributed by atoms with Crippen molar-refractivity contribution in [3.05, 3.63) is 77.3 Å². The van der Waals surface area contributed by atoms with E-state index in [-0.39, 0.29) is 10.8 Å². The lowest BCUT2D eigenvalue weighted by Gasteiger charge is -2.15. The number of rotatable bonds is 8. The summed E-state index contributed by atoms with van der Waals surface area (Å²) in [5, 5.41) is 2.71. The highest BCUT2D eigenvalue weighted by atomic mass is 79.9. The van der Waals surface area contributed by atoms with Gasteiger partial charge in [0.25, 0.3) is 15.9 Å². The van der Waals surface area contributed by atoms with Crippen LogP contribution >= 0.6 is 15.9 Å². The van der Waals surface area contributed by atoms with Gasteiger partial charge in [0.2, 0.25) is 0 Å². The first-order chi connectivity index (χ1) is 14.8. The molecule has 0 aliphatic rings. The lowest BCUT2D eigenvalue weighted by molar-refractivity contribution is -0.122. The third-order valence-electron chi connectivity index (χ3n) is 4.27. The Morgan fingerprint density at radius 3 is 2.00 bits per heavy atom. The van der Waals surface area contributed by atoms with Crippen LogP contribution in [0.4, 0.5) is 11.4 Å². The van der Waals surface area contributed by atoms with E-state index >= 15 is 0 Å². The van der Waals surface area contributed by atoms with Crippen molar-refractivity contribution in [2.24, 2.45) is 0 Å². The Hall–Kier alpha value is -3.04. The zero-order valence-electron chi connectivity index (χ0n) is 16.8. The SMILES string of the molecule is COc1ccc(O[C@@H](C)C(=O)Nc2ccc(S(=O)(=O)Nc3ccc(Br)cc3)cc2)cc1. The molecule has 0 saturated heterocycles. The third kappa shape index (κ3) is 6.22. The first kappa shape index (κ1) is 22.6. The van der Waals surface area contributed by atoms with Gasteiger partial charge in [-0.25, -0.2) is 8.42 Å². The van der Waals surface area contributed by atoms with Crippen molar-refractivity contribution in [3.63, 3.8) is 0 Å². The van der Waals surface area contributed by atoms with E-state index in [9.17, 15) is 13.2 Å². The van der Waals surface area contributed by atoms with Crippen LogP contribution in [-0.4, -0.2) is 27.5 Å². The van der Waals surface area contributed by atoms with Crippen LogP contribution in [0, 0.1) is 0 Å². The van der Waals surface area contributed by atoms with E-state index in [1.54, 1.807) is 62.6 Å². The van der Waals surface area contributed by atoms with E-state index in [0.29, 0.717) is 22.9 Å². The molecule has 3 rings (SSSR count). The summed E-state index contributed by atoms with van der Waals surface area (Å²) >= 11 is 3.31. The van der Waals surface area contributed by atoms with Crippen molar-refractivity contribution in [1.82, 2.24) is 0 Å². The van der Waals surface area contributed by atoms with Gasteiger partial charge in [0, 0.05) is 15.8 Å². The molecule has 162 valence electrons.